The molecule has 166 valence electrons. The van der Waals surface area contributed by atoms with Crippen LogP contribution < -0.4 is 10.1 Å². The largest absolute Gasteiger partial charge is 0.483 e. The first-order valence-electron chi connectivity index (χ1n) is 11.2. The number of hydrogen-bond acceptors (Lipinski definition) is 3. The first kappa shape index (κ1) is 22.9. The minimum absolute atomic E-state index is 0.0983. The zero-order valence-corrected chi connectivity index (χ0v) is 19.1. The number of aryl methyl sites for hydroxylation is 3. The van der Waals surface area contributed by atoms with Crippen molar-refractivity contribution < 1.29 is 14.3 Å². The molecule has 31 heavy (non-hydrogen) atoms. The van der Waals surface area contributed by atoms with E-state index in [-0.39, 0.29) is 24.5 Å². The molecule has 3 rings (SSSR count). The summed E-state index contributed by atoms with van der Waals surface area (Å²) < 4.78 is 5.83. The molecule has 0 spiro atoms. The van der Waals surface area contributed by atoms with E-state index in [9.17, 15) is 9.59 Å². The lowest BCUT2D eigenvalue weighted by Crippen LogP contribution is -2.50. The zero-order valence-electron chi connectivity index (χ0n) is 19.1. The molecular formula is C26H34N2O3. The molecule has 1 atom stereocenters. The Labute approximate surface area is 185 Å². The summed E-state index contributed by atoms with van der Waals surface area (Å²) in [6.07, 6.45) is 4.32. The molecule has 0 unspecified atom stereocenters. The van der Waals surface area contributed by atoms with E-state index in [1.165, 1.54) is 0 Å². The maximum Gasteiger partial charge on any atom is 0.261 e. The van der Waals surface area contributed by atoms with Crippen LogP contribution in [0.15, 0.2) is 42.5 Å². The molecular weight excluding hydrogens is 388 g/mol. The van der Waals surface area contributed by atoms with Crippen molar-refractivity contribution in [1.82, 2.24) is 10.2 Å². The Balaban J connectivity index is 1.72. The van der Waals surface area contributed by atoms with Crippen molar-refractivity contribution in [2.45, 2.75) is 72.0 Å². The van der Waals surface area contributed by atoms with Crippen LogP contribution in [-0.4, -0.2) is 35.4 Å². The fourth-order valence-electron chi connectivity index (χ4n) is 4.05. The van der Waals surface area contributed by atoms with E-state index in [4.69, 9.17) is 4.74 Å². The molecule has 0 heterocycles. The molecule has 0 bridgehead atoms. The van der Waals surface area contributed by atoms with Gasteiger partial charge in [0.2, 0.25) is 5.91 Å². The quantitative estimate of drug-likeness (QED) is 0.683. The van der Waals surface area contributed by atoms with Gasteiger partial charge in [-0.2, -0.15) is 0 Å². The van der Waals surface area contributed by atoms with Gasteiger partial charge in [0.05, 0.1) is 0 Å². The molecule has 1 aliphatic carbocycles. The molecule has 0 saturated heterocycles. The Kier molecular flexibility index (Phi) is 7.72. The Hall–Kier alpha value is -2.82. The number of nitrogens with zero attached hydrogens (tertiary/aromatic N) is 1. The van der Waals surface area contributed by atoms with Crippen molar-refractivity contribution in [3.63, 3.8) is 0 Å². The van der Waals surface area contributed by atoms with Gasteiger partial charge in [0.1, 0.15) is 11.8 Å². The van der Waals surface area contributed by atoms with E-state index in [1.54, 1.807) is 11.8 Å². The maximum absolute atomic E-state index is 13.2. The van der Waals surface area contributed by atoms with Crippen LogP contribution in [0.3, 0.4) is 0 Å². The second kappa shape index (κ2) is 10.5. The third kappa shape index (κ3) is 6.33. The molecule has 0 aliphatic heterocycles. The Morgan fingerprint density at radius 2 is 1.68 bits per heavy atom. The van der Waals surface area contributed by atoms with Crippen LogP contribution in [0, 0.1) is 20.8 Å². The second-order valence-corrected chi connectivity index (χ2v) is 8.73. The Morgan fingerprint density at radius 3 is 2.32 bits per heavy atom. The lowest BCUT2D eigenvalue weighted by Gasteiger charge is -2.29. The van der Waals surface area contributed by atoms with Crippen molar-refractivity contribution >= 4 is 11.8 Å². The maximum atomic E-state index is 13.2. The molecule has 1 fully saturated rings. The van der Waals surface area contributed by atoms with Crippen LogP contribution in [0.25, 0.3) is 0 Å². The summed E-state index contributed by atoms with van der Waals surface area (Å²) in [5.41, 5.74) is 4.29. The van der Waals surface area contributed by atoms with E-state index in [2.05, 4.69) is 5.32 Å². The number of ether oxygens (including phenoxy) is 1. The number of carbonyl (C=O) groups excluding carboxylic acids is 2. The van der Waals surface area contributed by atoms with Gasteiger partial charge in [-0.3, -0.25) is 9.59 Å². The molecule has 0 aromatic heterocycles. The van der Waals surface area contributed by atoms with Crippen LogP contribution in [0.5, 0.6) is 5.75 Å². The Bertz CT molecular complexity index is 901. The molecule has 1 N–H and O–H groups in total. The van der Waals surface area contributed by atoms with Crippen LogP contribution in [-0.2, 0) is 16.1 Å². The number of hydrogen-bond donors (Lipinski definition) is 1. The summed E-state index contributed by atoms with van der Waals surface area (Å²) in [5.74, 6) is 0.394. The van der Waals surface area contributed by atoms with E-state index < -0.39 is 6.04 Å². The summed E-state index contributed by atoms with van der Waals surface area (Å²) in [6, 6.07) is 13.6. The average molecular weight is 423 g/mol. The Morgan fingerprint density at radius 1 is 1.03 bits per heavy atom. The second-order valence-electron chi connectivity index (χ2n) is 8.73. The summed E-state index contributed by atoms with van der Waals surface area (Å²) in [7, 11) is 0. The van der Waals surface area contributed by atoms with Gasteiger partial charge in [-0.1, -0.05) is 60.4 Å². The van der Waals surface area contributed by atoms with Crippen LogP contribution in [0.4, 0.5) is 0 Å². The number of amides is 2. The molecule has 2 amide bonds. The van der Waals surface area contributed by atoms with Gasteiger partial charge in [0.25, 0.3) is 5.91 Å². The lowest BCUT2D eigenvalue weighted by molar-refractivity contribution is -0.142. The van der Waals surface area contributed by atoms with E-state index in [0.717, 1.165) is 47.9 Å². The van der Waals surface area contributed by atoms with Gasteiger partial charge in [0.15, 0.2) is 6.61 Å². The fraction of sp³-hybridized carbons (Fsp3) is 0.462. The molecule has 1 saturated carbocycles. The normalized spacial score (nSPS) is 14.8. The predicted molar refractivity (Wildman–Crippen MR) is 123 cm³/mol. The van der Waals surface area contributed by atoms with Gasteiger partial charge >= 0.3 is 0 Å². The molecule has 5 heteroatoms. The molecule has 0 radical (unpaired) electrons. The SMILES string of the molecule is Cc1ccc(CN(C(=O)COc2ccc(C)cc2C)[C@H](C)C(=O)NC2CCCC2)cc1. The third-order valence-electron chi connectivity index (χ3n) is 6.02. The zero-order chi connectivity index (χ0) is 22.4. The van der Waals surface area contributed by atoms with Crippen molar-refractivity contribution in [2.24, 2.45) is 0 Å². The van der Waals surface area contributed by atoms with Crippen molar-refractivity contribution in [3.05, 3.63) is 64.7 Å². The number of benzene rings is 2. The third-order valence-corrected chi connectivity index (χ3v) is 6.02. The van der Waals surface area contributed by atoms with Gasteiger partial charge in [0, 0.05) is 12.6 Å². The monoisotopic (exact) mass is 422 g/mol. The molecule has 2 aromatic carbocycles. The van der Waals surface area contributed by atoms with Crippen molar-refractivity contribution in [2.75, 3.05) is 6.61 Å². The number of carbonyl (C=O) groups is 2. The van der Waals surface area contributed by atoms with Crippen molar-refractivity contribution in [1.29, 1.82) is 0 Å². The fourth-order valence-corrected chi connectivity index (χ4v) is 4.05. The van der Waals surface area contributed by atoms with E-state index in [1.807, 2.05) is 63.2 Å². The minimum atomic E-state index is -0.572. The standard InChI is InChI=1S/C26H34N2O3/c1-18-9-12-22(13-10-18)16-28(21(4)26(30)27-23-7-5-6-8-23)25(29)17-31-24-14-11-19(2)15-20(24)3/h9-15,21,23H,5-8,16-17H2,1-4H3,(H,27,30)/t21-/m1/s1. The first-order valence-corrected chi connectivity index (χ1v) is 11.2. The highest BCUT2D eigenvalue weighted by Crippen LogP contribution is 2.20. The molecule has 5 nitrogen and oxygen atoms in total. The van der Waals surface area contributed by atoms with E-state index in [0.29, 0.717) is 12.3 Å². The van der Waals surface area contributed by atoms with Crippen LogP contribution in [0.2, 0.25) is 0 Å². The van der Waals surface area contributed by atoms with Crippen LogP contribution >= 0.6 is 0 Å². The smallest absolute Gasteiger partial charge is 0.261 e. The van der Waals surface area contributed by atoms with Gasteiger partial charge in [-0.05, 0) is 57.7 Å². The van der Waals surface area contributed by atoms with Gasteiger partial charge in [-0.25, -0.2) is 0 Å². The highest BCUT2D eigenvalue weighted by atomic mass is 16.5. The summed E-state index contributed by atoms with van der Waals surface area (Å²) in [4.78, 5) is 27.7. The molecule has 2 aromatic rings. The first-order chi connectivity index (χ1) is 14.8. The summed E-state index contributed by atoms with van der Waals surface area (Å²) in [5, 5.41) is 3.12. The van der Waals surface area contributed by atoms with E-state index >= 15 is 0 Å². The molecule has 1 aliphatic rings. The van der Waals surface area contributed by atoms with Gasteiger partial charge < -0.3 is 15.0 Å². The number of rotatable bonds is 8. The highest BCUT2D eigenvalue weighted by Gasteiger charge is 2.28. The minimum Gasteiger partial charge on any atom is -0.483 e. The number of nitrogens with one attached hydrogen (secondary N) is 1. The summed E-state index contributed by atoms with van der Waals surface area (Å²) in [6.45, 7) is 8.09. The average Bonchev–Trinajstić information content (AvgIpc) is 3.25. The topological polar surface area (TPSA) is 58.6 Å². The lowest BCUT2D eigenvalue weighted by atomic mass is 10.1. The van der Waals surface area contributed by atoms with Gasteiger partial charge in [-0.15, -0.1) is 0 Å². The summed E-state index contributed by atoms with van der Waals surface area (Å²) >= 11 is 0. The van der Waals surface area contributed by atoms with Crippen molar-refractivity contribution in [3.8, 4) is 5.75 Å². The van der Waals surface area contributed by atoms with Crippen LogP contribution in [0.1, 0.15) is 54.9 Å². The highest BCUT2D eigenvalue weighted by molar-refractivity contribution is 5.88. The predicted octanol–water partition coefficient (Wildman–Crippen LogP) is 4.47.